The Balaban J connectivity index is 0.00000180. The lowest BCUT2D eigenvalue weighted by atomic mass is 10.0. The van der Waals surface area contributed by atoms with Crippen molar-refractivity contribution in [3.8, 4) is 5.88 Å². The second-order valence-electron chi connectivity index (χ2n) is 4.30. The smallest absolute Gasteiger partial charge is 0.218 e. The Hall–Kier alpha value is -0.230. The van der Waals surface area contributed by atoms with Crippen LogP contribution in [0.5, 0.6) is 5.88 Å². The predicted molar refractivity (Wildman–Crippen MR) is 81.8 cm³/mol. The van der Waals surface area contributed by atoms with Gasteiger partial charge in [-0.1, -0.05) is 29.8 Å². The molecule has 0 saturated carbocycles. The third kappa shape index (κ3) is 5.73. The maximum absolute atomic E-state index is 5.90. The highest BCUT2D eigenvalue weighted by Crippen LogP contribution is 2.19. The zero-order valence-corrected chi connectivity index (χ0v) is 13.3. The van der Waals surface area contributed by atoms with Crippen LogP contribution in [0.3, 0.4) is 0 Å². The molecular formula is C12H19Cl2N3OS. The first kappa shape index (κ1) is 16.8. The molecule has 4 nitrogen and oxygen atoms in total. The SMILES string of the molecule is CSc1nc(Cl)cc(OCCC2CCCCN2)n1.Cl. The molecule has 1 atom stereocenters. The molecule has 0 aromatic carbocycles. The molecule has 0 bridgehead atoms. The van der Waals surface area contributed by atoms with E-state index in [0.29, 0.717) is 28.8 Å². The van der Waals surface area contributed by atoms with Crippen molar-refractivity contribution in [2.45, 2.75) is 36.9 Å². The van der Waals surface area contributed by atoms with Crippen LogP contribution in [0.4, 0.5) is 0 Å². The quantitative estimate of drug-likeness (QED) is 0.512. The summed E-state index contributed by atoms with van der Waals surface area (Å²) in [5, 5.41) is 4.57. The van der Waals surface area contributed by atoms with E-state index in [0.717, 1.165) is 13.0 Å². The molecule has 2 rings (SSSR count). The highest BCUT2D eigenvalue weighted by Gasteiger charge is 2.12. The Morgan fingerprint density at radius 2 is 2.32 bits per heavy atom. The Labute approximate surface area is 129 Å². The van der Waals surface area contributed by atoms with E-state index in [1.165, 1.54) is 31.0 Å². The van der Waals surface area contributed by atoms with Gasteiger partial charge in [0.2, 0.25) is 5.88 Å². The van der Waals surface area contributed by atoms with Crippen LogP contribution >= 0.6 is 35.8 Å². The number of nitrogens with one attached hydrogen (secondary N) is 1. The van der Waals surface area contributed by atoms with E-state index < -0.39 is 0 Å². The number of ether oxygens (including phenoxy) is 1. The highest BCUT2D eigenvalue weighted by molar-refractivity contribution is 7.98. The molecule has 1 saturated heterocycles. The van der Waals surface area contributed by atoms with Crippen molar-refractivity contribution in [2.24, 2.45) is 0 Å². The van der Waals surface area contributed by atoms with Crippen LogP contribution in [-0.2, 0) is 0 Å². The van der Waals surface area contributed by atoms with Gasteiger partial charge in [0.05, 0.1) is 6.61 Å². The molecule has 1 aliphatic heterocycles. The van der Waals surface area contributed by atoms with E-state index in [-0.39, 0.29) is 12.4 Å². The van der Waals surface area contributed by atoms with Crippen LogP contribution < -0.4 is 10.1 Å². The summed E-state index contributed by atoms with van der Waals surface area (Å²) in [6.07, 6.45) is 6.77. The van der Waals surface area contributed by atoms with Gasteiger partial charge in [-0.25, -0.2) is 4.98 Å². The van der Waals surface area contributed by atoms with Gasteiger partial charge in [0.15, 0.2) is 5.16 Å². The van der Waals surface area contributed by atoms with Crippen LogP contribution in [0.2, 0.25) is 5.15 Å². The first-order valence-electron chi connectivity index (χ1n) is 6.22. The molecule has 0 aliphatic carbocycles. The van der Waals surface area contributed by atoms with Gasteiger partial charge in [0.25, 0.3) is 0 Å². The highest BCUT2D eigenvalue weighted by atomic mass is 35.5. The number of rotatable bonds is 5. The first-order chi connectivity index (χ1) is 8.78. The van der Waals surface area contributed by atoms with Crippen molar-refractivity contribution in [1.29, 1.82) is 0 Å². The van der Waals surface area contributed by atoms with Gasteiger partial charge in [0, 0.05) is 12.1 Å². The number of hydrogen-bond donors (Lipinski definition) is 1. The van der Waals surface area contributed by atoms with Gasteiger partial charge in [-0.15, -0.1) is 12.4 Å². The fourth-order valence-electron chi connectivity index (χ4n) is 2.02. The molecule has 7 heteroatoms. The van der Waals surface area contributed by atoms with Crippen molar-refractivity contribution in [3.63, 3.8) is 0 Å². The zero-order chi connectivity index (χ0) is 12.8. The summed E-state index contributed by atoms with van der Waals surface area (Å²) in [7, 11) is 0. The van der Waals surface area contributed by atoms with Gasteiger partial charge >= 0.3 is 0 Å². The third-order valence-corrected chi connectivity index (χ3v) is 3.70. The number of thioether (sulfide) groups is 1. The number of piperidine rings is 1. The van der Waals surface area contributed by atoms with E-state index in [1.54, 1.807) is 6.07 Å². The fourth-order valence-corrected chi connectivity index (χ4v) is 2.61. The number of aromatic nitrogens is 2. The maximum Gasteiger partial charge on any atom is 0.218 e. The monoisotopic (exact) mass is 323 g/mol. The van der Waals surface area contributed by atoms with Crippen molar-refractivity contribution >= 4 is 35.8 Å². The number of hydrogen-bond acceptors (Lipinski definition) is 5. The van der Waals surface area contributed by atoms with Crippen LogP contribution in [-0.4, -0.2) is 35.4 Å². The average Bonchev–Trinajstić information content (AvgIpc) is 2.39. The first-order valence-corrected chi connectivity index (χ1v) is 7.83. The van der Waals surface area contributed by atoms with Crippen LogP contribution in [0.1, 0.15) is 25.7 Å². The minimum atomic E-state index is 0. The summed E-state index contributed by atoms with van der Waals surface area (Å²) in [6.45, 7) is 1.79. The molecule has 1 aromatic rings. The fraction of sp³-hybridized carbons (Fsp3) is 0.667. The largest absolute Gasteiger partial charge is 0.477 e. The Morgan fingerprint density at radius 3 is 3.00 bits per heavy atom. The van der Waals surface area contributed by atoms with Crippen LogP contribution in [0, 0.1) is 0 Å². The molecule has 1 N–H and O–H groups in total. The van der Waals surface area contributed by atoms with Gasteiger partial charge in [-0.2, -0.15) is 4.98 Å². The van der Waals surface area contributed by atoms with E-state index in [4.69, 9.17) is 16.3 Å². The predicted octanol–water partition coefficient (Wildman–Crippen LogP) is 3.18. The Morgan fingerprint density at radius 1 is 1.47 bits per heavy atom. The van der Waals surface area contributed by atoms with Crippen LogP contribution in [0.25, 0.3) is 0 Å². The van der Waals surface area contributed by atoms with Gasteiger partial charge in [0.1, 0.15) is 5.15 Å². The standard InChI is InChI=1S/C12H18ClN3OS.ClH/c1-18-12-15-10(13)8-11(16-12)17-7-5-9-4-2-3-6-14-9;/h8-9,14H,2-7H2,1H3;1H. The molecule has 0 amide bonds. The third-order valence-electron chi connectivity index (χ3n) is 2.96. The Bertz CT molecular complexity index is 389. The lowest BCUT2D eigenvalue weighted by molar-refractivity contribution is 0.258. The van der Waals surface area contributed by atoms with Crippen molar-refractivity contribution in [2.75, 3.05) is 19.4 Å². The summed E-state index contributed by atoms with van der Waals surface area (Å²) in [5.41, 5.74) is 0. The normalized spacial score (nSPS) is 18.7. The second-order valence-corrected chi connectivity index (χ2v) is 5.46. The zero-order valence-electron chi connectivity index (χ0n) is 10.9. The van der Waals surface area contributed by atoms with Crippen LogP contribution in [0.15, 0.2) is 11.2 Å². The minimum Gasteiger partial charge on any atom is -0.477 e. The summed E-state index contributed by atoms with van der Waals surface area (Å²) in [6, 6.07) is 2.24. The second kappa shape index (κ2) is 8.84. The molecule has 108 valence electrons. The summed E-state index contributed by atoms with van der Waals surface area (Å²) in [5.74, 6) is 0.565. The average molecular weight is 324 g/mol. The minimum absolute atomic E-state index is 0. The molecule has 19 heavy (non-hydrogen) atoms. The Kier molecular flexibility index (Phi) is 7.83. The van der Waals surface area contributed by atoms with E-state index >= 15 is 0 Å². The summed E-state index contributed by atoms with van der Waals surface area (Å²) in [4.78, 5) is 8.33. The molecule has 1 aliphatic rings. The molecule has 1 aromatic heterocycles. The van der Waals surface area contributed by atoms with Gasteiger partial charge in [-0.3, -0.25) is 0 Å². The number of nitrogens with zero attached hydrogens (tertiary/aromatic N) is 2. The number of halogens is 2. The molecule has 0 spiro atoms. The van der Waals surface area contributed by atoms with E-state index in [2.05, 4.69) is 15.3 Å². The molecule has 0 radical (unpaired) electrons. The summed E-state index contributed by atoms with van der Waals surface area (Å²) >= 11 is 7.36. The molecule has 1 unspecified atom stereocenters. The molecule has 2 heterocycles. The van der Waals surface area contributed by atoms with Gasteiger partial charge in [-0.05, 0) is 32.1 Å². The lowest BCUT2D eigenvalue weighted by Crippen LogP contribution is -2.35. The topological polar surface area (TPSA) is 47.0 Å². The summed E-state index contributed by atoms with van der Waals surface area (Å²) < 4.78 is 5.64. The molecule has 1 fully saturated rings. The maximum atomic E-state index is 5.90. The molecular weight excluding hydrogens is 305 g/mol. The van der Waals surface area contributed by atoms with Crippen molar-refractivity contribution in [1.82, 2.24) is 15.3 Å². The van der Waals surface area contributed by atoms with Crippen molar-refractivity contribution in [3.05, 3.63) is 11.2 Å². The van der Waals surface area contributed by atoms with Gasteiger partial charge < -0.3 is 10.1 Å². The van der Waals surface area contributed by atoms with Crippen molar-refractivity contribution < 1.29 is 4.74 Å². The van der Waals surface area contributed by atoms with E-state index in [1.807, 2.05) is 6.26 Å². The lowest BCUT2D eigenvalue weighted by Gasteiger charge is -2.23. The van der Waals surface area contributed by atoms with E-state index in [9.17, 15) is 0 Å².